The van der Waals surface area contributed by atoms with Crippen molar-refractivity contribution in [1.29, 1.82) is 0 Å². The molecule has 3 N–H and O–H groups in total. The molecule has 2 saturated carbocycles. The summed E-state index contributed by atoms with van der Waals surface area (Å²) in [6.45, 7) is 0. The summed E-state index contributed by atoms with van der Waals surface area (Å²) >= 11 is 0. The third kappa shape index (κ3) is 6.04. The third-order valence-corrected chi connectivity index (χ3v) is 4.49. The number of carboxylic acid groups (broad SMARTS) is 1. The summed E-state index contributed by atoms with van der Waals surface area (Å²) in [7, 11) is 3.35. The van der Waals surface area contributed by atoms with Gasteiger partial charge in [-0.3, -0.25) is 9.59 Å². The SMILES string of the molecule is CN(C)C(=O)C1CCCCC1C(=O)O.NC1CCCCC1. The Morgan fingerprint density at radius 2 is 1.38 bits per heavy atom. The zero-order valence-corrected chi connectivity index (χ0v) is 13.4. The van der Waals surface area contributed by atoms with Gasteiger partial charge in [0.15, 0.2) is 0 Å². The number of nitrogens with two attached hydrogens (primary N) is 1. The number of hydrogen-bond acceptors (Lipinski definition) is 3. The molecule has 2 unspecified atom stereocenters. The predicted molar refractivity (Wildman–Crippen MR) is 82.8 cm³/mol. The number of carboxylic acids is 1. The highest BCUT2D eigenvalue weighted by atomic mass is 16.4. The number of rotatable bonds is 2. The molecule has 1 amide bonds. The summed E-state index contributed by atoms with van der Waals surface area (Å²) < 4.78 is 0. The molecule has 0 aromatic rings. The van der Waals surface area contributed by atoms with Gasteiger partial charge in [-0.25, -0.2) is 0 Å². The average molecular weight is 298 g/mol. The van der Waals surface area contributed by atoms with E-state index in [4.69, 9.17) is 10.8 Å². The maximum Gasteiger partial charge on any atom is 0.307 e. The molecule has 5 heteroatoms. The van der Waals surface area contributed by atoms with Crippen LogP contribution in [0.3, 0.4) is 0 Å². The van der Waals surface area contributed by atoms with E-state index in [2.05, 4.69) is 0 Å². The van der Waals surface area contributed by atoms with Gasteiger partial charge in [0.05, 0.1) is 11.8 Å². The fraction of sp³-hybridized carbons (Fsp3) is 0.875. The molecule has 0 aromatic heterocycles. The first kappa shape index (κ1) is 18.0. The highest BCUT2D eigenvalue weighted by Gasteiger charge is 2.36. The first-order valence-corrected chi connectivity index (χ1v) is 8.13. The summed E-state index contributed by atoms with van der Waals surface area (Å²) in [5.74, 6) is -1.66. The molecule has 2 atom stereocenters. The molecule has 5 nitrogen and oxygen atoms in total. The second kappa shape index (κ2) is 9.03. The lowest BCUT2D eigenvalue weighted by Crippen LogP contribution is -2.39. The zero-order valence-electron chi connectivity index (χ0n) is 13.4. The second-order valence-electron chi connectivity index (χ2n) is 6.47. The first-order chi connectivity index (χ1) is 9.93. The van der Waals surface area contributed by atoms with Crippen LogP contribution in [0.15, 0.2) is 0 Å². The van der Waals surface area contributed by atoms with Crippen LogP contribution in [0.25, 0.3) is 0 Å². The van der Waals surface area contributed by atoms with Crippen LogP contribution < -0.4 is 5.73 Å². The first-order valence-electron chi connectivity index (χ1n) is 8.13. The molecule has 122 valence electrons. The van der Waals surface area contributed by atoms with Gasteiger partial charge < -0.3 is 15.7 Å². The van der Waals surface area contributed by atoms with Crippen molar-refractivity contribution >= 4 is 11.9 Å². The van der Waals surface area contributed by atoms with Crippen LogP contribution in [-0.4, -0.2) is 42.0 Å². The zero-order chi connectivity index (χ0) is 15.8. The van der Waals surface area contributed by atoms with Gasteiger partial charge in [0, 0.05) is 20.1 Å². The lowest BCUT2D eigenvalue weighted by Gasteiger charge is -2.29. The van der Waals surface area contributed by atoms with E-state index in [1.807, 2.05) is 0 Å². The number of hydrogen-bond donors (Lipinski definition) is 2. The maximum atomic E-state index is 11.7. The van der Waals surface area contributed by atoms with Gasteiger partial charge in [-0.1, -0.05) is 32.1 Å². The number of amides is 1. The Balaban J connectivity index is 0.000000262. The molecule has 0 aliphatic heterocycles. The molecule has 0 heterocycles. The molecule has 0 aromatic carbocycles. The Hall–Kier alpha value is -1.10. The van der Waals surface area contributed by atoms with E-state index in [9.17, 15) is 9.59 Å². The van der Waals surface area contributed by atoms with Crippen LogP contribution in [0.1, 0.15) is 57.8 Å². The Morgan fingerprint density at radius 1 is 0.905 bits per heavy atom. The summed E-state index contributed by atoms with van der Waals surface area (Å²) in [6.07, 6.45) is 9.91. The molecular formula is C16H30N2O3. The molecule has 2 aliphatic carbocycles. The van der Waals surface area contributed by atoms with Gasteiger partial charge in [0.2, 0.25) is 5.91 Å². The minimum atomic E-state index is -0.829. The standard InChI is InChI=1S/C10H17NO3.C6H13N/c1-11(2)9(12)7-5-3-4-6-8(7)10(13)14;7-6-4-2-1-3-5-6/h7-8H,3-6H2,1-2H3,(H,13,14);6H,1-5,7H2. The molecule has 0 radical (unpaired) electrons. The monoisotopic (exact) mass is 298 g/mol. The van der Waals surface area contributed by atoms with E-state index in [0.29, 0.717) is 18.9 Å². The summed E-state index contributed by atoms with van der Waals surface area (Å²) in [5.41, 5.74) is 5.63. The maximum absolute atomic E-state index is 11.7. The normalized spacial score (nSPS) is 26.4. The van der Waals surface area contributed by atoms with Gasteiger partial charge in [-0.15, -0.1) is 0 Å². The van der Waals surface area contributed by atoms with Crippen LogP contribution >= 0.6 is 0 Å². The van der Waals surface area contributed by atoms with Gasteiger partial charge in [0.25, 0.3) is 0 Å². The lowest BCUT2D eigenvalue weighted by atomic mass is 9.78. The molecule has 0 bridgehead atoms. The van der Waals surface area contributed by atoms with Crippen LogP contribution in [0.4, 0.5) is 0 Å². The summed E-state index contributed by atoms with van der Waals surface area (Å²) in [6, 6.07) is 0.536. The number of nitrogens with zero attached hydrogens (tertiary/aromatic N) is 1. The van der Waals surface area contributed by atoms with E-state index in [-0.39, 0.29) is 11.8 Å². The highest BCUT2D eigenvalue weighted by molar-refractivity contribution is 5.84. The average Bonchev–Trinajstić information content (AvgIpc) is 2.47. The van der Waals surface area contributed by atoms with E-state index < -0.39 is 11.9 Å². The molecule has 2 aliphatic rings. The fourth-order valence-corrected chi connectivity index (χ4v) is 3.19. The van der Waals surface area contributed by atoms with E-state index in [1.165, 1.54) is 37.0 Å². The molecular weight excluding hydrogens is 268 g/mol. The van der Waals surface area contributed by atoms with Crippen molar-refractivity contribution in [1.82, 2.24) is 4.90 Å². The fourth-order valence-electron chi connectivity index (χ4n) is 3.19. The van der Waals surface area contributed by atoms with Crippen molar-refractivity contribution in [2.75, 3.05) is 14.1 Å². The van der Waals surface area contributed by atoms with E-state index in [1.54, 1.807) is 14.1 Å². The molecule has 2 fully saturated rings. The van der Waals surface area contributed by atoms with Gasteiger partial charge >= 0.3 is 5.97 Å². The number of aliphatic carboxylic acids is 1. The highest BCUT2D eigenvalue weighted by Crippen LogP contribution is 2.31. The van der Waals surface area contributed by atoms with E-state index in [0.717, 1.165) is 12.8 Å². The minimum Gasteiger partial charge on any atom is -0.481 e. The van der Waals surface area contributed by atoms with Crippen LogP contribution in [0.5, 0.6) is 0 Å². The lowest BCUT2D eigenvalue weighted by molar-refractivity contribution is -0.151. The largest absolute Gasteiger partial charge is 0.481 e. The summed E-state index contributed by atoms with van der Waals surface area (Å²) in [4.78, 5) is 24.1. The topological polar surface area (TPSA) is 83.6 Å². The Bertz CT molecular complexity index is 338. The molecule has 21 heavy (non-hydrogen) atoms. The Kier molecular flexibility index (Phi) is 7.72. The van der Waals surface area contributed by atoms with Crippen LogP contribution in [0.2, 0.25) is 0 Å². The Labute approximate surface area is 127 Å². The van der Waals surface area contributed by atoms with Crippen molar-refractivity contribution < 1.29 is 14.7 Å². The quantitative estimate of drug-likeness (QED) is 0.819. The van der Waals surface area contributed by atoms with Crippen LogP contribution in [0, 0.1) is 11.8 Å². The summed E-state index contributed by atoms with van der Waals surface area (Å²) in [5, 5.41) is 8.97. The van der Waals surface area contributed by atoms with Crippen molar-refractivity contribution in [3.8, 4) is 0 Å². The number of carbonyl (C=O) groups excluding carboxylic acids is 1. The molecule has 0 saturated heterocycles. The second-order valence-corrected chi connectivity index (χ2v) is 6.47. The van der Waals surface area contributed by atoms with Crippen LogP contribution in [-0.2, 0) is 9.59 Å². The number of carbonyl (C=O) groups is 2. The predicted octanol–water partition coefficient (Wildman–Crippen LogP) is 2.24. The van der Waals surface area contributed by atoms with Crippen molar-refractivity contribution in [3.05, 3.63) is 0 Å². The van der Waals surface area contributed by atoms with Gasteiger partial charge in [-0.2, -0.15) is 0 Å². The van der Waals surface area contributed by atoms with Crippen molar-refractivity contribution in [3.63, 3.8) is 0 Å². The third-order valence-electron chi connectivity index (χ3n) is 4.49. The smallest absolute Gasteiger partial charge is 0.307 e. The Morgan fingerprint density at radius 3 is 1.76 bits per heavy atom. The van der Waals surface area contributed by atoms with Crippen molar-refractivity contribution in [2.24, 2.45) is 17.6 Å². The van der Waals surface area contributed by atoms with Crippen molar-refractivity contribution in [2.45, 2.75) is 63.8 Å². The molecule has 0 spiro atoms. The van der Waals surface area contributed by atoms with Gasteiger partial charge in [-0.05, 0) is 25.7 Å². The van der Waals surface area contributed by atoms with Gasteiger partial charge in [0.1, 0.15) is 0 Å². The van der Waals surface area contributed by atoms with E-state index >= 15 is 0 Å². The minimum absolute atomic E-state index is 0.0444. The molecule has 2 rings (SSSR count).